The Bertz CT molecular complexity index is 606. The molecular formula is C15H19N3O3. The van der Waals surface area contributed by atoms with E-state index >= 15 is 0 Å². The highest BCUT2D eigenvalue weighted by molar-refractivity contribution is 5.72. The van der Waals surface area contributed by atoms with Crippen LogP contribution in [-0.2, 0) is 4.74 Å². The zero-order valence-electron chi connectivity index (χ0n) is 12.0. The van der Waals surface area contributed by atoms with Gasteiger partial charge in [-0.25, -0.2) is 0 Å². The average Bonchev–Trinajstić information content (AvgIpc) is 2.94. The van der Waals surface area contributed by atoms with Crippen LogP contribution in [0.3, 0.4) is 0 Å². The molecule has 1 aliphatic heterocycles. The van der Waals surface area contributed by atoms with Crippen LogP contribution in [0.4, 0.5) is 5.82 Å². The molecule has 0 radical (unpaired) electrons. The van der Waals surface area contributed by atoms with Crippen LogP contribution < -0.4 is 15.2 Å². The number of H-pyrrole nitrogens is 1. The largest absolute Gasteiger partial charge is 0.492 e. The Balaban J connectivity index is 1.90. The molecule has 0 amide bonds. The zero-order valence-corrected chi connectivity index (χ0v) is 12.0. The number of para-hydroxylation sites is 1. The van der Waals surface area contributed by atoms with Crippen LogP contribution in [-0.4, -0.2) is 36.6 Å². The molecule has 6 heteroatoms. The lowest BCUT2D eigenvalue weighted by atomic mass is 10.1. The van der Waals surface area contributed by atoms with E-state index in [-0.39, 0.29) is 6.10 Å². The second-order valence-electron chi connectivity index (χ2n) is 5.00. The highest BCUT2D eigenvalue weighted by Gasteiger charge is 2.19. The standard InChI is InChI=1S/C15H19N3O3/c1-19-15-11(12-8-14(16)18-17-12)5-2-6-13(15)21-10-4-3-7-20-9-10/h2,5-6,8,10H,3-4,7,9H2,1H3,(H3,16,17,18). The number of nitrogens with one attached hydrogen (secondary N) is 1. The average molecular weight is 289 g/mol. The number of rotatable bonds is 4. The number of anilines is 1. The molecule has 0 bridgehead atoms. The number of ether oxygens (including phenoxy) is 3. The molecule has 1 fully saturated rings. The summed E-state index contributed by atoms with van der Waals surface area (Å²) < 4.78 is 17.0. The molecule has 0 saturated carbocycles. The van der Waals surface area contributed by atoms with E-state index in [4.69, 9.17) is 19.9 Å². The Morgan fingerprint density at radius 3 is 3.00 bits per heavy atom. The fraction of sp³-hybridized carbons (Fsp3) is 0.400. The van der Waals surface area contributed by atoms with E-state index in [0.29, 0.717) is 23.9 Å². The smallest absolute Gasteiger partial charge is 0.170 e. The predicted octanol–water partition coefficient (Wildman–Crippen LogP) is 2.23. The first kappa shape index (κ1) is 13.8. The maximum atomic E-state index is 6.03. The minimum Gasteiger partial charge on any atom is -0.492 e. The number of nitrogens with two attached hydrogens (primary N) is 1. The molecule has 0 aliphatic carbocycles. The van der Waals surface area contributed by atoms with Gasteiger partial charge in [0.1, 0.15) is 11.9 Å². The van der Waals surface area contributed by atoms with Crippen LogP contribution in [0.2, 0.25) is 0 Å². The van der Waals surface area contributed by atoms with Crippen molar-refractivity contribution < 1.29 is 14.2 Å². The van der Waals surface area contributed by atoms with Crippen LogP contribution in [0.25, 0.3) is 11.3 Å². The van der Waals surface area contributed by atoms with Gasteiger partial charge in [0.05, 0.1) is 19.4 Å². The molecule has 1 aliphatic rings. The number of hydrogen-bond acceptors (Lipinski definition) is 5. The lowest BCUT2D eigenvalue weighted by Gasteiger charge is -2.24. The number of aromatic nitrogens is 2. The molecule has 6 nitrogen and oxygen atoms in total. The van der Waals surface area contributed by atoms with Crippen LogP contribution >= 0.6 is 0 Å². The van der Waals surface area contributed by atoms with Crippen LogP contribution in [0, 0.1) is 0 Å². The SMILES string of the molecule is COc1c(OC2CCCOC2)cccc1-c1cc(N)n[nH]1. The third-order valence-corrected chi connectivity index (χ3v) is 3.48. The van der Waals surface area contributed by atoms with E-state index in [1.807, 2.05) is 18.2 Å². The first-order valence-corrected chi connectivity index (χ1v) is 7.00. The second-order valence-corrected chi connectivity index (χ2v) is 5.00. The van der Waals surface area contributed by atoms with Crippen LogP contribution in [0.5, 0.6) is 11.5 Å². The number of benzene rings is 1. The summed E-state index contributed by atoms with van der Waals surface area (Å²) in [5.41, 5.74) is 7.34. The Hall–Kier alpha value is -2.21. The minimum absolute atomic E-state index is 0.0646. The summed E-state index contributed by atoms with van der Waals surface area (Å²) in [6.07, 6.45) is 2.07. The summed E-state index contributed by atoms with van der Waals surface area (Å²) in [6.45, 7) is 1.43. The zero-order chi connectivity index (χ0) is 14.7. The van der Waals surface area contributed by atoms with Crippen molar-refractivity contribution in [1.29, 1.82) is 0 Å². The van der Waals surface area contributed by atoms with Gasteiger partial charge in [0.15, 0.2) is 11.5 Å². The van der Waals surface area contributed by atoms with Gasteiger partial charge in [0.25, 0.3) is 0 Å². The summed E-state index contributed by atoms with van der Waals surface area (Å²) >= 11 is 0. The molecule has 3 rings (SSSR count). The van der Waals surface area contributed by atoms with Crippen LogP contribution in [0.1, 0.15) is 12.8 Å². The number of nitrogens with zero attached hydrogens (tertiary/aromatic N) is 1. The molecule has 0 spiro atoms. The van der Waals surface area contributed by atoms with Gasteiger partial charge >= 0.3 is 0 Å². The molecule has 1 atom stereocenters. The molecule has 2 heterocycles. The maximum absolute atomic E-state index is 6.03. The topological polar surface area (TPSA) is 82.4 Å². The number of nitrogen functional groups attached to an aromatic ring is 1. The van der Waals surface area contributed by atoms with Crippen molar-refractivity contribution in [2.45, 2.75) is 18.9 Å². The lowest BCUT2D eigenvalue weighted by Crippen LogP contribution is -2.28. The van der Waals surface area contributed by atoms with Gasteiger partial charge in [-0.05, 0) is 25.0 Å². The number of methoxy groups -OCH3 is 1. The monoisotopic (exact) mass is 289 g/mol. The van der Waals surface area contributed by atoms with Crippen molar-refractivity contribution in [2.75, 3.05) is 26.1 Å². The number of aromatic amines is 1. The first-order valence-electron chi connectivity index (χ1n) is 7.00. The summed E-state index contributed by atoms with van der Waals surface area (Å²) in [4.78, 5) is 0. The molecule has 1 aromatic heterocycles. The van der Waals surface area contributed by atoms with E-state index in [9.17, 15) is 0 Å². The highest BCUT2D eigenvalue weighted by atomic mass is 16.5. The molecule has 1 aromatic carbocycles. The van der Waals surface area contributed by atoms with Gasteiger partial charge in [-0.3, -0.25) is 5.10 Å². The van der Waals surface area contributed by atoms with Crippen molar-refractivity contribution in [2.24, 2.45) is 0 Å². The van der Waals surface area contributed by atoms with Gasteiger partial charge in [-0.2, -0.15) is 5.10 Å². The normalized spacial score (nSPS) is 18.4. The van der Waals surface area contributed by atoms with E-state index in [2.05, 4.69) is 10.2 Å². The summed E-state index contributed by atoms with van der Waals surface area (Å²) in [5, 5.41) is 6.84. The van der Waals surface area contributed by atoms with E-state index in [1.54, 1.807) is 13.2 Å². The Labute approximate surface area is 123 Å². The van der Waals surface area contributed by atoms with Crippen LogP contribution in [0.15, 0.2) is 24.3 Å². The molecule has 112 valence electrons. The molecule has 2 aromatic rings. The first-order chi connectivity index (χ1) is 10.3. The maximum Gasteiger partial charge on any atom is 0.170 e. The summed E-state index contributed by atoms with van der Waals surface area (Å²) in [7, 11) is 1.63. The van der Waals surface area contributed by atoms with Crippen molar-refractivity contribution in [3.05, 3.63) is 24.3 Å². The predicted molar refractivity (Wildman–Crippen MR) is 79.5 cm³/mol. The van der Waals surface area contributed by atoms with Gasteiger partial charge in [-0.1, -0.05) is 6.07 Å². The lowest BCUT2D eigenvalue weighted by molar-refractivity contribution is 0.00647. The van der Waals surface area contributed by atoms with E-state index in [1.165, 1.54) is 0 Å². The Morgan fingerprint density at radius 1 is 1.43 bits per heavy atom. The molecule has 1 saturated heterocycles. The molecular weight excluding hydrogens is 270 g/mol. The fourth-order valence-corrected chi connectivity index (χ4v) is 2.49. The van der Waals surface area contributed by atoms with Crippen molar-refractivity contribution in [3.63, 3.8) is 0 Å². The quantitative estimate of drug-likeness (QED) is 0.902. The fourth-order valence-electron chi connectivity index (χ4n) is 2.49. The van der Waals surface area contributed by atoms with E-state index < -0.39 is 0 Å². The van der Waals surface area contributed by atoms with Gasteiger partial charge in [-0.15, -0.1) is 0 Å². The van der Waals surface area contributed by atoms with E-state index in [0.717, 1.165) is 30.7 Å². The number of hydrogen-bond donors (Lipinski definition) is 2. The minimum atomic E-state index is 0.0646. The summed E-state index contributed by atoms with van der Waals surface area (Å²) in [5.74, 6) is 1.82. The van der Waals surface area contributed by atoms with Gasteiger partial charge < -0.3 is 19.9 Å². The Morgan fingerprint density at radius 2 is 2.33 bits per heavy atom. The Kier molecular flexibility index (Phi) is 3.96. The molecule has 3 N–H and O–H groups in total. The highest BCUT2D eigenvalue weighted by Crippen LogP contribution is 2.38. The second kappa shape index (κ2) is 6.05. The van der Waals surface area contributed by atoms with Crippen molar-refractivity contribution >= 4 is 5.82 Å². The molecule has 21 heavy (non-hydrogen) atoms. The van der Waals surface area contributed by atoms with Gasteiger partial charge in [0, 0.05) is 18.2 Å². The van der Waals surface area contributed by atoms with Crippen molar-refractivity contribution in [1.82, 2.24) is 10.2 Å². The van der Waals surface area contributed by atoms with Gasteiger partial charge in [0.2, 0.25) is 0 Å². The third-order valence-electron chi connectivity index (χ3n) is 3.48. The summed E-state index contributed by atoms with van der Waals surface area (Å²) in [6, 6.07) is 7.53. The molecule has 1 unspecified atom stereocenters. The van der Waals surface area contributed by atoms with Crippen molar-refractivity contribution in [3.8, 4) is 22.8 Å². The third kappa shape index (κ3) is 2.95.